The number of nitrogens with zero attached hydrogens (tertiary/aromatic N) is 2. The van der Waals surface area contributed by atoms with E-state index in [-0.39, 0.29) is 11.7 Å². The topological polar surface area (TPSA) is 67.2 Å². The van der Waals surface area contributed by atoms with Gasteiger partial charge in [-0.1, -0.05) is 12.1 Å². The summed E-state index contributed by atoms with van der Waals surface area (Å²) in [7, 11) is 0. The van der Waals surface area contributed by atoms with Crippen molar-refractivity contribution in [3.05, 3.63) is 40.6 Å². The lowest BCUT2D eigenvalue weighted by Gasteiger charge is -2.08. The number of aromatic hydroxyl groups is 1. The maximum atomic E-state index is 12.1. The van der Waals surface area contributed by atoms with Crippen LogP contribution in [-0.4, -0.2) is 20.8 Å². The summed E-state index contributed by atoms with van der Waals surface area (Å²) in [6.07, 6.45) is 1.57. The predicted molar refractivity (Wildman–Crippen MR) is 71.7 cm³/mol. The number of aromatic nitrogens is 2. The average Bonchev–Trinajstić information content (AvgIpc) is 2.73. The number of aryl methyl sites for hydroxylation is 1. The molecular formula is C12H12BrN3O2. The number of carbonyl (C=O) groups is 1. The van der Waals surface area contributed by atoms with Crippen LogP contribution in [0.25, 0.3) is 0 Å². The molecule has 0 aliphatic carbocycles. The van der Waals surface area contributed by atoms with Crippen molar-refractivity contribution in [3.63, 3.8) is 0 Å². The third kappa shape index (κ3) is 2.38. The van der Waals surface area contributed by atoms with Crippen LogP contribution in [0.5, 0.6) is 5.75 Å². The van der Waals surface area contributed by atoms with Gasteiger partial charge in [0.05, 0.1) is 16.4 Å². The van der Waals surface area contributed by atoms with Crippen LogP contribution in [0.1, 0.15) is 17.4 Å². The van der Waals surface area contributed by atoms with Crippen molar-refractivity contribution in [1.82, 2.24) is 9.78 Å². The minimum atomic E-state index is -0.317. The van der Waals surface area contributed by atoms with Crippen molar-refractivity contribution < 1.29 is 9.90 Å². The lowest BCUT2D eigenvalue weighted by molar-refractivity contribution is 0.101. The Bertz CT molecular complexity index is 580. The second-order valence-corrected chi connectivity index (χ2v) is 4.48. The SMILES string of the molecule is CCn1ncc(Br)c1C(=O)Nc1ccccc1O. The largest absolute Gasteiger partial charge is 0.506 e. The van der Waals surface area contributed by atoms with Crippen molar-refractivity contribution >= 4 is 27.5 Å². The first-order valence-corrected chi connectivity index (χ1v) is 6.23. The van der Waals surface area contributed by atoms with E-state index in [2.05, 4.69) is 26.3 Å². The summed E-state index contributed by atoms with van der Waals surface area (Å²) in [6.45, 7) is 2.49. The number of amides is 1. The van der Waals surface area contributed by atoms with Crippen LogP contribution >= 0.6 is 15.9 Å². The van der Waals surface area contributed by atoms with E-state index in [1.165, 1.54) is 6.07 Å². The molecule has 0 saturated carbocycles. The van der Waals surface area contributed by atoms with Crippen molar-refractivity contribution in [2.45, 2.75) is 13.5 Å². The molecule has 0 atom stereocenters. The molecule has 2 aromatic rings. The number of halogens is 1. The number of phenolic OH excluding ortho intramolecular Hbond substituents is 1. The lowest BCUT2D eigenvalue weighted by Crippen LogP contribution is -2.18. The van der Waals surface area contributed by atoms with E-state index in [4.69, 9.17) is 0 Å². The molecule has 1 heterocycles. The molecule has 0 aliphatic heterocycles. The number of carbonyl (C=O) groups excluding carboxylic acids is 1. The van der Waals surface area contributed by atoms with Crippen LogP contribution < -0.4 is 5.32 Å². The number of nitrogens with one attached hydrogen (secondary N) is 1. The number of benzene rings is 1. The van der Waals surface area contributed by atoms with E-state index < -0.39 is 0 Å². The molecule has 0 bridgehead atoms. The number of hydrogen-bond acceptors (Lipinski definition) is 3. The van der Waals surface area contributed by atoms with Gasteiger partial charge in [0, 0.05) is 6.54 Å². The van der Waals surface area contributed by atoms with Crippen LogP contribution in [-0.2, 0) is 6.54 Å². The number of hydrogen-bond donors (Lipinski definition) is 2. The molecule has 94 valence electrons. The molecule has 0 unspecified atom stereocenters. The van der Waals surface area contributed by atoms with Crippen LogP contribution in [0.4, 0.5) is 5.69 Å². The molecule has 6 heteroatoms. The molecule has 1 amide bonds. The summed E-state index contributed by atoms with van der Waals surface area (Å²) >= 11 is 3.28. The van der Waals surface area contributed by atoms with Crippen LogP contribution in [0.3, 0.4) is 0 Å². The maximum absolute atomic E-state index is 12.1. The van der Waals surface area contributed by atoms with E-state index in [9.17, 15) is 9.90 Å². The molecule has 0 radical (unpaired) electrons. The van der Waals surface area contributed by atoms with Crippen LogP contribution in [0.2, 0.25) is 0 Å². The smallest absolute Gasteiger partial charge is 0.275 e. The van der Waals surface area contributed by atoms with Gasteiger partial charge < -0.3 is 10.4 Å². The van der Waals surface area contributed by atoms with Crippen molar-refractivity contribution in [2.24, 2.45) is 0 Å². The molecule has 2 rings (SSSR count). The zero-order chi connectivity index (χ0) is 13.1. The third-order valence-corrected chi connectivity index (χ3v) is 3.04. The Labute approximate surface area is 113 Å². The summed E-state index contributed by atoms with van der Waals surface area (Å²) < 4.78 is 2.21. The first-order valence-electron chi connectivity index (χ1n) is 5.44. The van der Waals surface area contributed by atoms with Gasteiger partial charge in [-0.2, -0.15) is 5.10 Å². The minimum absolute atomic E-state index is 0.0320. The fourth-order valence-corrected chi connectivity index (χ4v) is 2.07. The molecular weight excluding hydrogens is 298 g/mol. The first kappa shape index (κ1) is 12.6. The highest BCUT2D eigenvalue weighted by atomic mass is 79.9. The molecule has 0 fully saturated rings. The molecule has 0 aliphatic rings. The van der Waals surface area contributed by atoms with Gasteiger partial charge in [-0.3, -0.25) is 9.48 Å². The van der Waals surface area contributed by atoms with Gasteiger partial charge in [-0.25, -0.2) is 0 Å². The normalized spacial score (nSPS) is 10.3. The summed E-state index contributed by atoms with van der Waals surface area (Å²) in [5, 5.41) is 16.3. The Balaban J connectivity index is 2.28. The Kier molecular flexibility index (Phi) is 3.66. The van der Waals surface area contributed by atoms with E-state index in [0.717, 1.165) is 0 Å². The standard InChI is InChI=1S/C12H12BrN3O2/c1-2-16-11(8(13)7-14-16)12(18)15-9-5-3-4-6-10(9)17/h3-7,17H,2H2,1H3,(H,15,18). The number of anilines is 1. The third-order valence-electron chi connectivity index (χ3n) is 2.46. The highest BCUT2D eigenvalue weighted by molar-refractivity contribution is 9.10. The highest BCUT2D eigenvalue weighted by Crippen LogP contribution is 2.24. The molecule has 1 aromatic heterocycles. The van der Waals surface area contributed by atoms with Crippen molar-refractivity contribution in [2.75, 3.05) is 5.32 Å². The van der Waals surface area contributed by atoms with E-state index in [0.29, 0.717) is 22.4 Å². The Morgan fingerprint density at radius 3 is 2.89 bits per heavy atom. The molecule has 1 aromatic carbocycles. The molecule has 0 spiro atoms. The molecule has 2 N–H and O–H groups in total. The second-order valence-electron chi connectivity index (χ2n) is 3.63. The van der Waals surface area contributed by atoms with Gasteiger partial charge in [0.1, 0.15) is 11.4 Å². The first-order chi connectivity index (χ1) is 8.63. The summed E-state index contributed by atoms with van der Waals surface area (Å²) in [5.41, 5.74) is 0.805. The predicted octanol–water partition coefficient (Wildman–Crippen LogP) is 2.62. The maximum Gasteiger partial charge on any atom is 0.275 e. The van der Waals surface area contributed by atoms with Gasteiger partial charge in [-0.15, -0.1) is 0 Å². The Hall–Kier alpha value is -1.82. The molecule has 0 saturated heterocycles. The van der Waals surface area contributed by atoms with Gasteiger partial charge >= 0.3 is 0 Å². The fourth-order valence-electron chi connectivity index (χ4n) is 1.59. The van der Waals surface area contributed by atoms with Crippen molar-refractivity contribution in [3.8, 4) is 5.75 Å². The number of phenols is 1. The minimum Gasteiger partial charge on any atom is -0.506 e. The van der Waals surface area contributed by atoms with Gasteiger partial charge in [0.2, 0.25) is 0 Å². The summed E-state index contributed by atoms with van der Waals surface area (Å²) in [4.78, 5) is 12.1. The van der Waals surface area contributed by atoms with E-state index >= 15 is 0 Å². The summed E-state index contributed by atoms with van der Waals surface area (Å²) in [5.74, 6) is -0.285. The molecule has 5 nitrogen and oxygen atoms in total. The number of rotatable bonds is 3. The fraction of sp³-hybridized carbons (Fsp3) is 0.167. The van der Waals surface area contributed by atoms with Gasteiger partial charge in [0.15, 0.2) is 0 Å². The van der Waals surface area contributed by atoms with E-state index in [1.807, 2.05) is 6.92 Å². The summed E-state index contributed by atoms with van der Waals surface area (Å²) in [6, 6.07) is 6.58. The zero-order valence-electron chi connectivity index (χ0n) is 9.72. The van der Waals surface area contributed by atoms with E-state index in [1.54, 1.807) is 29.1 Å². The average molecular weight is 310 g/mol. The van der Waals surface area contributed by atoms with Crippen LogP contribution in [0.15, 0.2) is 34.9 Å². The highest BCUT2D eigenvalue weighted by Gasteiger charge is 2.17. The van der Waals surface area contributed by atoms with Gasteiger partial charge in [-0.05, 0) is 35.0 Å². The van der Waals surface area contributed by atoms with Crippen LogP contribution in [0, 0.1) is 0 Å². The monoisotopic (exact) mass is 309 g/mol. The quantitative estimate of drug-likeness (QED) is 0.856. The number of para-hydroxylation sites is 2. The molecule has 18 heavy (non-hydrogen) atoms. The van der Waals surface area contributed by atoms with Gasteiger partial charge in [0.25, 0.3) is 5.91 Å². The Morgan fingerprint density at radius 2 is 2.22 bits per heavy atom. The van der Waals surface area contributed by atoms with Crippen molar-refractivity contribution in [1.29, 1.82) is 0 Å². The Morgan fingerprint density at radius 1 is 1.50 bits per heavy atom. The lowest BCUT2D eigenvalue weighted by atomic mass is 10.3. The second kappa shape index (κ2) is 5.22. The zero-order valence-corrected chi connectivity index (χ0v) is 11.3.